The number of H-pyrrole nitrogens is 1. The maximum atomic E-state index is 12.7. The Morgan fingerprint density at radius 1 is 1.24 bits per heavy atom. The second kappa shape index (κ2) is 9.42. The van der Waals surface area contributed by atoms with Crippen molar-refractivity contribution in [2.24, 2.45) is 5.92 Å². The van der Waals surface area contributed by atoms with Gasteiger partial charge in [0.05, 0.1) is 6.61 Å². The second-order valence-corrected chi connectivity index (χ2v) is 7.62. The molecule has 0 unspecified atom stereocenters. The number of hydrogen-bond donors (Lipinski definition) is 1. The highest BCUT2D eigenvalue weighted by Gasteiger charge is 2.23. The van der Waals surface area contributed by atoms with E-state index in [2.05, 4.69) is 4.98 Å². The number of nitrogens with zero attached hydrogens (tertiary/aromatic N) is 2. The minimum atomic E-state index is -0.364. The van der Waals surface area contributed by atoms with E-state index in [1.54, 1.807) is 6.92 Å². The lowest BCUT2D eigenvalue weighted by Gasteiger charge is -2.32. The molecule has 2 heterocycles. The van der Waals surface area contributed by atoms with Gasteiger partial charge in [-0.3, -0.25) is 9.59 Å². The van der Waals surface area contributed by atoms with E-state index < -0.39 is 0 Å². The molecule has 1 aliphatic rings. The Balaban J connectivity index is 1.49. The molecule has 1 amide bonds. The molecule has 0 radical (unpaired) electrons. The van der Waals surface area contributed by atoms with Crippen LogP contribution in [0.4, 0.5) is 0 Å². The van der Waals surface area contributed by atoms with Crippen LogP contribution in [-0.2, 0) is 11.2 Å². The number of aryl methyl sites for hydroxylation is 1. The third-order valence-corrected chi connectivity index (χ3v) is 5.71. The first-order valence-electron chi connectivity index (χ1n) is 10.1. The smallest absolute Gasteiger partial charge is 0.266 e. The van der Waals surface area contributed by atoms with E-state index in [0.717, 1.165) is 42.9 Å². The molecule has 1 N–H and O–H groups in total. The molecule has 1 aromatic heterocycles. The van der Waals surface area contributed by atoms with Crippen LogP contribution in [0.3, 0.4) is 0 Å². The van der Waals surface area contributed by atoms with Crippen LogP contribution in [0.25, 0.3) is 0 Å². The molecule has 6 heteroatoms. The number of ether oxygens (including phenoxy) is 1. The minimum absolute atomic E-state index is 0.121. The van der Waals surface area contributed by atoms with Gasteiger partial charge < -0.3 is 14.6 Å². The van der Waals surface area contributed by atoms with Crippen molar-refractivity contribution >= 4 is 5.91 Å². The number of rotatable bonds is 6. The average molecular weight is 393 g/mol. The van der Waals surface area contributed by atoms with Crippen LogP contribution < -0.4 is 10.3 Å². The fourth-order valence-corrected chi connectivity index (χ4v) is 3.89. The number of nitriles is 1. The first-order chi connectivity index (χ1) is 14.0. The Morgan fingerprint density at radius 3 is 2.59 bits per heavy atom. The highest BCUT2D eigenvalue weighted by molar-refractivity contribution is 5.76. The SMILES string of the molecule is Cc1[nH]c(=O)c(C#N)c(C)c1CCC(=O)N1CCC(COc2ccccc2)CC1. The molecule has 152 valence electrons. The molecule has 0 atom stereocenters. The zero-order valence-corrected chi connectivity index (χ0v) is 17.0. The molecule has 6 nitrogen and oxygen atoms in total. The van der Waals surface area contributed by atoms with E-state index in [0.29, 0.717) is 30.9 Å². The fraction of sp³-hybridized carbons (Fsp3) is 0.435. The van der Waals surface area contributed by atoms with Crippen LogP contribution in [0.1, 0.15) is 41.6 Å². The summed E-state index contributed by atoms with van der Waals surface area (Å²) in [5.74, 6) is 1.46. The Kier molecular flexibility index (Phi) is 6.71. The predicted molar refractivity (Wildman–Crippen MR) is 111 cm³/mol. The molecule has 2 aromatic rings. The highest BCUT2D eigenvalue weighted by atomic mass is 16.5. The third kappa shape index (κ3) is 5.05. The van der Waals surface area contributed by atoms with Crippen molar-refractivity contribution in [3.05, 3.63) is 63.1 Å². The lowest BCUT2D eigenvalue weighted by atomic mass is 9.96. The van der Waals surface area contributed by atoms with Crippen LogP contribution in [-0.4, -0.2) is 35.5 Å². The fourth-order valence-electron chi connectivity index (χ4n) is 3.89. The molecular formula is C23H27N3O3. The summed E-state index contributed by atoms with van der Waals surface area (Å²) in [7, 11) is 0. The van der Waals surface area contributed by atoms with Gasteiger partial charge in [-0.1, -0.05) is 18.2 Å². The van der Waals surface area contributed by atoms with Gasteiger partial charge in [-0.2, -0.15) is 5.26 Å². The number of para-hydroxylation sites is 1. The lowest BCUT2D eigenvalue weighted by Crippen LogP contribution is -2.39. The summed E-state index contributed by atoms with van der Waals surface area (Å²) in [5, 5.41) is 9.18. The summed E-state index contributed by atoms with van der Waals surface area (Å²) in [6.45, 7) is 5.76. The Hall–Kier alpha value is -3.07. The summed E-state index contributed by atoms with van der Waals surface area (Å²) in [4.78, 5) is 29.1. The number of nitrogens with one attached hydrogen (secondary N) is 1. The third-order valence-electron chi connectivity index (χ3n) is 5.71. The number of aromatic amines is 1. The molecule has 3 rings (SSSR count). The summed E-state index contributed by atoms with van der Waals surface area (Å²) in [5.41, 5.74) is 2.07. The number of hydrogen-bond acceptors (Lipinski definition) is 4. The second-order valence-electron chi connectivity index (χ2n) is 7.62. The monoisotopic (exact) mass is 393 g/mol. The molecule has 1 fully saturated rings. The molecule has 29 heavy (non-hydrogen) atoms. The molecule has 1 saturated heterocycles. The summed E-state index contributed by atoms with van der Waals surface area (Å²) in [6.07, 6.45) is 2.78. The van der Waals surface area contributed by atoms with Crippen LogP contribution in [0.2, 0.25) is 0 Å². The standard InChI is InChI=1S/C23H27N3O3/c1-16-20(17(2)25-23(28)21(16)14-24)8-9-22(27)26-12-10-18(11-13-26)15-29-19-6-4-3-5-7-19/h3-7,18H,8-13,15H2,1-2H3,(H,25,28). The topological polar surface area (TPSA) is 86.2 Å². The Morgan fingerprint density at radius 2 is 1.93 bits per heavy atom. The van der Waals surface area contributed by atoms with Gasteiger partial charge in [0, 0.05) is 25.2 Å². The zero-order chi connectivity index (χ0) is 20.8. The van der Waals surface area contributed by atoms with Gasteiger partial charge in [0.1, 0.15) is 17.4 Å². The quantitative estimate of drug-likeness (QED) is 0.817. The molecule has 0 bridgehead atoms. The van der Waals surface area contributed by atoms with E-state index in [4.69, 9.17) is 4.74 Å². The minimum Gasteiger partial charge on any atom is -0.493 e. The van der Waals surface area contributed by atoms with Gasteiger partial charge in [-0.05, 0) is 62.3 Å². The summed E-state index contributed by atoms with van der Waals surface area (Å²) >= 11 is 0. The van der Waals surface area contributed by atoms with E-state index in [1.165, 1.54) is 0 Å². The molecule has 1 aliphatic heterocycles. The van der Waals surface area contributed by atoms with Crippen molar-refractivity contribution in [2.45, 2.75) is 39.5 Å². The van der Waals surface area contributed by atoms with Crippen molar-refractivity contribution in [3.63, 3.8) is 0 Å². The van der Waals surface area contributed by atoms with Crippen LogP contribution in [0.5, 0.6) is 5.75 Å². The van der Waals surface area contributed by atoms with E-state index in [-0.39, 0.29) is 17.0 Å². The highest BCUT2D eigenvalue weighted by Crippen LogP contribution is 2.21. The molecule has 0 spiro atoms. The number of carbonyl (C=O) groups excluding carboxylic acids is 1. The first kappa shape index (κ1) is 20.7. The van der Waals surface area contributed by atoms with Crippen LogP contribution in [0.15, 0.2) is 35.1 Å². The van der Waals surface area contributed by atoms with E-state index >= 15 is 0 Å². The summed E-state index contributed by atoms with van der Waals surface area (Å²) < 4.78 is 5.85. The van der Waals surface area contributed by atoms with Crippen molar-refractivity contribution in [1.82, 2.24) is 9.88 Å². The zero-order valence-electron chi connectivity index (χ0n) is 17.0. The van der Waals surface area contributed by atoms with Crippen molar-refractivity contribution < 1.29 is 9.53 Å². The van der Waals surface area contributed by atoms with Gasteiger partial charge >= 0.3 is 0 Å². The van der Waals surface area contributed by atoms with Crippen molar-refractivity contribution in [2.75, 3.05) is 19.7 Å². The number of amides is 1. The van der Waals surface area contributed by atoms with Gasteiger partial charge in [0.15, 0.2) is 0 Å². The maximum Gasteiger partial charge on any atom is 0.266 e. The number of likely N-dealkylation sites (tertiary alicyclic amines) is 1. The van der Waals surface area contributed by atoms with Gasteiger partial charge in [0.25, 0.3) is 5.56 Å². The van der Waals surface area contributed by atoms with Gasteiger partial charge in [0.2, 0.25) is 5.91 Å². The number of aromatic nitrogens is 1. The largest absolute Gasteiger partial charge is 0.493 e. The number of piperidine rings is 1. The predicted octanol–water partition coefficient (Wildman–Crippen LogP) is 3.11. The maximum absolute atomic E-state index is 12.7. The Bertz CT molecular complexity index is 952. The van der Waals surface area contributed by atoms with Crippen molar-refractivity contribution in [3.8, 4) is 11.8 Å². The van der Waals surface area contributed by atoms with Gasteiger partial charge in [-0.25, -0.2) is 0 Å². The summed E-state index contributed by atoms with van der Waals surface area (Å²) in [6, 6.07) is 11.8. The van der Waals surface area contributed by atoms with Gasteiger partial charge in [-0.15, -0.1) is 0 Å². The number of benzene rings is 1. The molecular weight excluding hydrogens is 366 g/mol. The lowest BCUT2D eigenvalue weighted by molar-refractivity contribution is -0.132. The average Bonchev–Trinajstić information content (AvgIpc) is 2.73. The normalized spacial score (nSPS) is 14.4. The van der Waals surface area contributed by atoms with Crippen LogP contribution in [0, 0.1) is 31.1 Å². The molecule has 0 saturated carbocycles. The van der Waals surface area contributed by atoms with E-state index in [9.17, 15) is 14.9 Å². The molecule has 0 aliphatic carbocycles. The number of pyridine rings is 1. The Labute approximate surface area is 171 Å². The first-order valence-corrected chi connectivity index (χ1v) is 10.1. The molecule has 1 aromatic carbocycles. The van der Waals surface area contributed by atoms with Crippen LogP contribution >= 0.6 is 0 Å². The van der Waals surface area contributed by atoms with E-state index in [1.807, 2.05) is 48.2 Å². The number of carbonyl (C=O) groups is 1. The van der Waals surface area contributed by atoms with Crippen molar-refractivity contribution in [1.29, 1.82) is 5.26 Å².